The van der Waals surface area contributed by atoms with E-state index in [-0.39, 0.29) is 17.3 Å². The van der Waals surface area contributed by atoms with Gasteiger partial charge in [0.2, 0.25) is 0 Å². The molecule has 1 saturated carbocycles. The second kappa shape index (κ2) is 5.21. The molecule has 2 aromatic carbocycles. The number of halogens is 1. The van der Waals surface area contributed by atoms with Gasteiger partial charge in [-0.3, -0.25) is 0 Å². The second-order valence-electron chi connectivity index (χ2n) is 5.77. The van der Waals surface area contributed by atoms with Crippen molar-refractivity contribution in [1.82, 2.24) is 0 Å². The zero-order valence-corrected chi connectivity index (χ0v) is 11.9. The molecule has 0 spiro atoms. The molecule has 3 rings (SSSR count). The summed E-state index contributed by atoms with van der Waals surface area (Å²) >= 11 is 0. The van der Waals surface area contributed by atoms with Crippen LogP contribution in [0.4, 0.5) is 10.1 Å². The molecule has 0 heterocycles. The first-order valence-electron chi connectivity index (χ1n) is 7.12. The van der Waals surface area contributed by atoms with E-state index < -0.39 is 0 Å². The zero-order chi connectivity index (χ0) is 14.9. The van der Waals surface area contributed by atoms with Crippen molar-refractivity contribution in [2.24, 2.45) is 0 Å². The van der Waals surface area contributed by atoms with Crippen LogP contribution >= 0.6 is 0 Å². The lowest BCUT2D eigenvalue weighted by Crippen LogP contribution is -2.47. The van der Waals surface area contributed by atoms with Crippen molar-refractivity contribution >= 4 is 5.69 Å². The van der Waals surface area contributed by atoms with Gasteiger partial charge in [-0.05, 0) is 49.1 Å². The van der Waals surface area contributed by atoms with Crippen LogP contribution in [-0.4, -0.2) is 6.04 Å². The van der Waals surface area contributed by atoms with E-state index in [1.807, 2.05) is 36.4 Å². The van der Waals surface area contributed by atoms with Gasteiger partial charge in [-0.15, -0.1) is 0 Å². The van der Waals surface area contributed by atoms with Crippen LogP contribution in [0.3, 0.4) is 0 Å². The number of rotatable bonds is 3. The number of nitrogens with zero attached hydrogens (tertiary/aromatic N) is 1. The SMILES string of the molecule is Cc1cc(NC2CC(C#N)(c3ccccc3)C2)ccc1F. The van der Waals surface area contributed by atoms with Crippen LogP contribution in [0, 0.1) is 24.1 Å². The Kier molecular flexibility index (Phi) is 3.39. The lowest BCUT2D eigenvalue weighted by molar-refractivity contribution is 0.289. The van der Waals surface area contributed by atoms with E-state index in [1.54, 1.807) is 13.0 Å². The van der Waals surface area contributed by atoms with Crippen LogP contribution in [0.2, 0.25) is 0 Å². The molecule has 0 unspecified atom stereocenters. The minimum absolute atomic E-state index is 0.190. The zero-order valence-electron chi connectivity index (χ0n) is 11.9. The minimum atomic E-state index is -0.381. The van der Waals surface area contributed by atoms with E-state index in [0.717, 1.165) is 24.1 Å². The van der Waals surface area contributed by atoms with E-state index in [4.69, 9.17) is 0 Å². The monoisotopic (exact) mass is 280 g/mol. The molecule has 0 aromatic heterocycles. The third kappa shape index (κ3) is 2.50. The number of hydrogen-bond acceptors (Lipinski definition) is 2. The van der Waals surface area contributed by atoms with Gasteiger partial charge in [0, 0.05) is 11.7 Å². The maximum atomic E-state index is 13.3. The minimum Gasteiger partial charge on any atom is -0.382 e. The third-order valence-electron chi connectivity index (χ3n) is 4.26. The Balaban J connectivity index is 1.70. The fraction of sp³-hybridized carbons (Fsp3) is 0.278. The van der Waals surface area contributed by atoms with Gasteiger partial charge >= 0.3 is 0 Å². The molecule has 2 aromatic rings. The summed E-state index contributed by atoms with van der Waals surface area (Å²) < 4.78 is 13.3. The predicted molar refractivity (Wildman–Crippen MR) is 81.5 cm³/mol. The Hall–Kier alpha value is -2.34. The van der Waals surface area contributed by atoms with Gasteiger partial charge in [-0.25, -0.2) is 4.39 Å². The Bertz CT molecular complexity index is 682. The Labute approximate surface area is 124 Å². The van der Waals surface area contributed by atoms with Gasteiger partial charge in [0.15, 0.2) is 0 Å². The Morgan fingerprint density at radius 2 is 1.90 bits per heavy atom. The van der Waals surface area contributed by atoms with Gasteiger partial charge in [-0.2, -0.15) is 5.26 Å². The average molecular weight is 280 g/mol. The van der Waals surface area contributed by atoms with Crippen LogP contribution in [0.25, 0.3) is 0 Å². The lowest BCUT2D eigenvalue weighted by atomic mass is 9.62. The molecule has 1 N–H and O–H groups in total. The van der Waals surface area contributed by atoms with Gasteiger partial charge < -0.3 is 5.32 Å². The molecule has 1 aliphatic carbocycles. The molecular formula is C18H17FN2. The summed E-state index contributed by atoms with van der Waals surface area (Å²) in [4.78, 5) is 0. The van der Waals surface area contributed by atoms with Gasteiger partial charge in [0.05, 0.1) is 11.5 Å². The second-order valence-corrected chi connectivity index (χ2v) is 5.77. The normalized spacial score (nSPS) is 24.0. The van der Waals surface area contributed by atoms with Crippen molar-refractivity contribution < 1.29 is 4.39 Å². The number of nitrogens with one attached hydrogen (secondary N) is 1. The average Bonchev–Trinajstić information content (AvgIpc) is 2.47. The fourth-order valence-electron chi connectivity index (χ4n) is 3.00. The molecule has 0 saturated heterocycles. The van der Waals surface area contributed by atoms with Crippen molar-refractivity contribution in [3.05, 3.63) is 65.5 Å². The Morgan fingerprint density at radius 1 is 1.19 bits per heavy atom. The molecule has 0 aliphatic heterocycles. The number of benzene rings is 2. The smallest absolute Gasteiger partial charge is 0.126 e. The first kappa shape index (κ1) is 13.6. The molecule has 1 aliphatic rings. The highest BCUT2D eigenvalue weighted by atomic mass is 19.1. The highest BCUT2D eigenvalue weighted by Crippen LogP contribution is 2.44. The lowest BCUT2D eigenvalue weighted by Gasteiger charge is -2.43. The fourth-order valence-corrected chi connectivity index (χ4v) is 3.00. The van der Waals surface area contributed by atoms with Crippen molar-refractivity contribution in [2.45, 2.75) is 31.2 Å². The standard InChI is InChI=1S/C18H17FN2/c1-13-9-15(7-8-17(13)19)21-16-10-18(11-16,12-20)14-5-3-2-4-6-14/h2-9,16,21H,10-11H2,1H3. The summed E-state index contributed by atoms with van der Waals surface area (Å²) in [6, 6.07) is 17.7. The summed E-state index contributed by atoms with van der Waals surface area (Å²) in [6.45, 7) is 1.75. The third-order valence-corrected chi connectivity index (χ3v) is 4.26. The van der Waals surface area contributed by atoms with E-state index in [2.05, 4.69) is 11.4 Å². The quantitative estimate of drug-likeness (QED) is 0.916. The maximum absolute atomic E-state index is 13.3. The summed E-state index contributed by atoms with van der Waals surface area (Å²) in [6.07, 6.45) is 1.56. The highest BCUT2D eigenvalue weighted by molar-refractivity contribution is 5.49. The van der Waals surface area contributed by atoms with Crippen LogP contribution in [-0.2, 0) is 5.41 Å². The van der Waals surface area contributed by atoms with Crippen molar-refractivity contribution in [3.63, 3.8) is 0 Å². The molecule has 0 bridgehead atoms. The maximum Gasteiger partial charge on any atom is 0.126 e. The van der Waals surface area contributed by atoms with Crippen LogP contribution in [0.15, 0.2) is 48.5 Å². The first-order chi connectivity index (χ1) is 10.1. The molecular weight excluding hydrogens is 263 g/mol. The van der Waals surface area contributed by atoms with E-state index >= 15 is 0 Å². The first-order valence-corrected chi connectivity index (χ1v) is 7.12. The molecule has 106 valence electrons. The summed E-state index contributed by atoms with van der Waals surface area (Å²) in [5.74, 6) is -0.190. The molecule has 0 atom stereocenters. The largest absolute Gasteiger partial charge is 0.382 e. The van der Waals surface area contributed by atoms with Crippen LogP contribution in [0.5, 0.6) is 0 Å². The molecule has 21 heavy (non-hydrogen) atoms. The van der Waals surface area contributed by atoms with Gasteiger partial charge in [0.1, 0.15) is 5.82 Å². The molecule has 1 fully saturated rings. The molecule has 2 nitrogen and oxygen atoms in total. The topological polar surface area (TPSA) is 35.8 Å². The molecule has 3 heteroatoms. The molecule has 0 amide bonds. The van der Waals surface area contributed by atoms with Crippen molar-refractivity contribution in [1.29, 1.82) is 5.26 Å². The number of aryl methyl sites for hydroxylation is 1. The predicted octanol–water partition coefficient (Wildman–Crippen LogP) is 4.17. The van der Waals surface area contributed by atoms with E-state index in [9.17, 15) is 9.65 Å². The summed E-state index contributed by atoms with van der Waals surface area (Å²) in [5.41, 5.74) is 2.25. The summed E-state index contributed by atoms with van der Waals surface area (Å²) in [5, 5.41) is 12.9. The van der Waals surface area contributed by atoms with Crippen molar-refractivity contribution in [2.75, 3.05) is 5.32 Å². The van der Waals surface area contributed by atoms with Gasteiger partial charge in [0.25, 0.3) is 0 Å². The van der Waals surface area contributed by atoms with E-state index in [1.165, 1.54) is 6.07 Å². The Morgan fingerprint density at radius 3 is 2.52 bits per heavy atom. The highest BCUT2D eigenvalue weighted by Gasteiger charge is 2.46. The summed E-state index contributed by atoms with van der Waals surface area (Å²) in [7, 11) is 0. The van der Waals surface area contributed by atoms with Crippen LogP contribution in [0.1, 0.15) is 24.0 Å². The number of anilines is 1. The van der Waals surface area contributed by atoms with Crippen LogP contribution < -0.4 is 5.32 Å². The molecule has 0 radical (unpaired) electrons. The number of hydrogen-bond donors (Lipinski definition) is 1. The van der Waals surface area contributed by atoms with Gasteiger partial charge in [-0.1, -0.05) is 30.3 Å². The van der Waals surface area contributed by atoms with E-state index in [0.29, 0.717) is 5.56 Å². The number of nitriles is 1. The van der Waals surface area contributed by atoms with Crippen molar-refractivity contribution in [3.8, 4) is 6.07 Å².